The Labute approximate surface area is 155 Å². The van der Waals surface area contributed by atoms with Crippen LogP contribution in [-0.2, 0) is 10.3 Å². The molecule has 8 heteroatoms. The van der Waals surface area contributed by atoms with Crippen molar-refractivity contribution in [2.45, 2.75) is 18.9 Å². The molecule has 0 saturated carbocycles. The average molecular weight is 372 g/mol. The topological polar surface area (TPSA) is 101 Å². The van der Waals surface area contributed by atoms with Crippen LogP contribution in [0.3, 0.4) is 0 Å². The standard InChI is InChI=1S/C18H18ClN5O2/c1-18(9-15(25)24(2)17(20)23-18)11-4-3-5-13(8-11)22-16(26)14-7-6-12(19)10-21-14/h3-8,10H,9H2,1-2H3,(H2,20,23)(H,22,26)/t18-/m0/s1. The number of guanidine groups is 1. The fourth-order valence-corrected chi connectivity index (χ4v) is 2.82. The lowest BCUT2D eigenvalue weighted by atomic mass is 9.87. The zero-order valence-electron chi connectivity index (χ0n) is 14.4. The van der Waals surface area contributed by atoms with E-state index in [1.807, 2.05) is 13.0 Å². The van der Waals surface area contributed by atoms with E-state index in [2.05, 4.69) is 15.3 Å². The van der Waals surface area contributed by atoms with Gasteiger partial charge in [-0.2, -0.15) is 0 Å². The quantitative estimate of drug-likeness (QED) is 0.864. The number of halogens is 1. The second-order valence-electron chi connectivity index (χ2n) is 6.27. The molecular formula is C18H18ClN5O2. The van der Waals surface area contributed by atoms with Crippen LogP contribution < -0.4 is 11.1 Å². The number of rotatable bonds is 3. The summed E-state index contributed by atoms with van der Waals surface area (Å²) in [7, 11) is 1.59. The monoisotopic (exact) mass is 371 g/mol. The van der Waals surface area contributed by atoms with Crippen LogP contribution in [0.2, 0.25) is 5.02 Å². The number of pyridine rings is 1. The summed E-state index contributed by atoms with van der Waals surface area (Å²) in [5, 5.41) is 3.24. The molecule has 0 saturated heterocycles. The number of anilines is 1. The zero-order chi connectivity index (χ0) is 18.9. The number of carbonyl (C=O) groups is 2. The van der Waals surface area contributed by atoms with Gasteiger partial charge in [0.1, 0.15) is 5.69 Å². The molecule has 0 bridgehead atoms. The van der Waals surface area contributed by atoms with E-state index in [9.17, 15) is 9.59 Å². The van der Waals surface area contributed by atoms with Crippen molar-refractivity contribution in [2.24, 2.45) is 10.7 Å². The maximum absolute atomic E-state index is 12.3. The number of hydrogen-bond donors (Lipinski definition) is 2. The van der Waals surface area contributed by atoms with E-state index in [4.69, 9.17) is 17.3 Å². The lowest BCUT2D eigenvalue weighted by Crippen LogP contribution is -2.47. The normalized spacial score (nSPS) is 19.9. The van der Waals surface area contributed by atoms with E-state index in [0.717, 1.165) is 5.56 Å². The van der Waals surface area contributed by atoms with Crippen LogP contribution in [0.15, 0.2) is 47.6 Å². The predicted octanol–water partition coefficient (Wildman–Crippen LogP) is 2.38. The van der Waals surface area contributed by atoms with Crippen molar-refractivity contribution in [2.75, 3.05) is 12.4 Å². The SMILES string of the molecule is CN1C(=O)C[C@@](C)(c2cccc(NC(=O)c3ccc(Cl)cn3)c2)N=C1N. The maximum Gasteiger partial charge on any atom is 0.274 e. The number of nitrogens with two attached hydrogens (primary N) is 1. The first-order chi connectivity index (χ1) is 12.3. The molecule has 0 radical (unpaired) electrons. The van der Waals surface area contributed by atoms with Crippen molar-refractivity contribution in [3.8, 4) is 0 Å². The van der Waals surface area contributed by atoms with E-state index in [1.54, 1.807) is 37.4 Å². The van der Waals surface area contributed by atoms with Gasteiger partial charge in [-0.3, -0.25) is 14.5 Å². The van der Waals surface area contributed by atoms with Crippen LogP contribution in [0.1, 0.15) is 29.4 Å². The maximum atomic E-state index is 12.3. The molecule has 0 aliphatic carbocycles. The number of benzene rings is 1. The van der Waals surface area contributed by atoms with Gasteiger partial charge in [0.25, 0.3) is 5.91 Å². The summed E-state index contributed by atoms with van der Waals surface area (Å²) in [5.41, 5.74) is 6.68. The van der Waals surface area contributed by atoms with Gasteiger partial charge in [0.15, 0.2) is 5.96 Å². The molecule has 7 nitrogen and oxygen atoms in total. The summed E-state index contributed by atoms with van der Waals surface area (Å²) in [6, 6.07) is 10.3. The third-order valence-electron chi connectivity index (χ3n) is 4.28. The van der Waals surface area contributed by atoms with Gasteiger partial charge in [-0.15, -0.1) is 0 Å². The lowest BCUT2D eigenvalue weighted by molar-refractivity contribution is -0.128. The summed E-state index contributed by atoms with van der Waals surface area (Å²) in [4.78, 5) is 34.3. The van der Waals surface area contributed by atoms with Gasteiger partial charge < -0.3 is 11.1 Å². The van der Waals surface area contributed by atoms with E-state index in [-0.39, 0.29) is 29.9 Å². The Morgan fingerprint density at radius 3 is 2.77 bits per heavy atom. The largest absolute Gasteiger partial charge is 0.369 e. The minimum atomic E-state index is -0.785. The summed E-state index contributed by atoms with van der Waals surface area (Å²) >= 11 is 5.78. The highest BCUT2D eigenvalue weighted by molar-refractivity contribution is 6.30. The molecule has 0 unspecified atom stereocenters. The van der Waals surface area contributed by atoms with Crippen molar-refractivity contribution >= 4 is 35.1 Å². The highest BCUT2D eigenvalue weighted by Gasteiger charge is 2.36. The second-order valence-corrected chi connectivity index (χ2v) is 6.71. The zero-order valence-corrected chi connectivity index (χ0v) is 15.1. The van der Waals surface area contributed by atoms with E-state index in [0.29, 0.717) is 10.7 Å². The Morgan fingerprint density at radius 1 is 1.35 bits per heavy atom. The van der Waals surface area contributed by atoms with Gasteiger partial charge in [-0.25, -0.2) is 9.98 Å². The number of nitrogens with one attached hydrogen (secondary N) is 1. The lowest BCUT2D eigenvalue weighted by Gasteiger charge is -2.33. The van der Waals surface area contributed by atoms with Gasteiger partial charge in [-0.1, -0.05) is 23.7 Å². The summed E-state index contributed by atoms with van der Waals surface area (Å²) < 4.78 is 0. The number of aliphatic imine (C=N–C) groups is 1. The van der Waals surface area contributed by atoms with Gasteiger partial charge in [-0.05, 0) is 36.8 Å². The molecular weight excluding hydrogens is 354 g/mol. The first-order valence-corrected chi connectivity index (χ1v) is 8.32. The van der Waals surface area contributed by atoms with E-state index in [1.165, 1.54) is 11.1 Å². The van der Waals surface area contributed by atoms with Crippen LogP contribution >= 0.6 is 11.6 Å². The van der Waals surface area contributed by atoms with Crippen molar-refractivity contribution in [1.82, 2.24) is 9.88 Å². The fraction of sp³-hybridized carbons (Fsp3) is 0.222. The average Bonchev–Trinajstić information content (AvgIpc) is 2.60. The predicted molar refractivity (Wildman–Crippen MR) is 100 cm³/mol. The van der Waals surface area contributed by atoms with Gasteiger partial charge in [0, 0.05) is 18.9 Å². The van der Waals surface area contributed by atoms with Crippen molar-refractivity contribution in [1.29, 1.82) is 0 Å². The molecule has 0 fully saturated rings. The van der Waals surface area contributed by atoms with Crippen LogP contribution in [0, 0.1) is 0 Å². The minimum Gasteiger partial charge on any atom is -0.369 e. The first-order valence-electron chi connectivity index (χ1n) is 7.94. The third-order valence-corrected chi connectivity index (χ3v) is 4.50. The molecule has 3 N–H and O–H groups in total. The summed E-state index contributed by atoms with van der Waals surface area (Å²) in [6.45, 7) is 1.84. The molecule has 1 aromatic carbocycles. The molecule has 1 atom stereocenters. The fourth-order valence-electron chi connectivity index (χ4n) is 2.71. The second kappa shape index (κ2) is 6.76. The molecule has 2 heterocycles. The van der Waals surface area contributed by atoms with Crippen molar-refractivity contribution < 1.29 is 9.59 Å². The Morgan fingerprint density at radius 2 is 2.12 bits per heavy atom. The summed E-state index contributed by atoms with van der Waals surface area (Å²) in [6.07, 6.45) is 1.61. The number of aromatic nitrogens is 1. The van der Waals surface area contributed by atoms with Crippen LogP contribution in [-0.4, -0.2) is 34.7 Å². The summed E-state index contributed by atoms with van der Waals surface area (Å²) in [5.74, 6) is -0.296. The third kappa shape index (κ3) is 3.52. The molecule has 2 amide bonds. The molecule has 1 aliphatic rings. The van der Waals surface area contributed by atoms with Crippen molar-refractivity contribution in [3.63, 3.8) is 0 Å². The smallest absolute Gasteiger partial charge is 0.274 e. The molecule has 134 valence electrons. The number of carbonyl (C=O) groups excluding carboxylic acids is 2. The number of nitrogens with zero attached hydrogens (tertiary/aromatic N) is 3. The molecule has 1 aliphatic heterocycles. The van der Waals surface area contributed by atoms with Crippen LogP contribution in [0.25, 0.3) is 0 Å². The minimum absolute atomic E-state index is 0.111. The van der Waals surface area contributed by atoms with Gasteiger partial charge in [0.05, 0.1) is 17.0 Å². The Balaban J connectivity index is 1.85. The Bertz CT molecular complexity index is 897. The molecule has 3 rings (SSSR count). The number of amides is 2. The molecule has 26 heavy (non-hydrogen) atoms. The first kappa shape index (κ1) is 17.9. The molecule has 1 aromatic heterocycles. The molecule has 0 spiro atoms. The van der Waals surface area contributed by atoms with Gasteiger partial charge in [0.2, 0.25) is 5.91 Å². The Hall–Kier alpha value is -2.93. The highest BCUT2D eigenvalue weighted by atomic mass is 35.5. The van der Waals surface area contributed by atoms with Crippen LogP contribution in [0.4, 0.5) is 5.69 Å². The van der Waals surface area contributed by atoms with E-state index >= 15 is 0 Å². The number of hydrogen-bond acceptors (Lipinski definition) is 5. The van der Waals surface area contributed by atoms with Gasteiger partial charge >= 0.3 is 0 Å². The van der Waals surface area contributed by atoms with E-state index < -0.39 is 5.54 Å². The molecule has 2 aromatic rings. The van der Waals surface area contributed by atoms with Crippen LogP contribution in [0.5, 0.6) is 0 Å². The Kier molecular flexibility index (Phi) is 4.65. The van der Waals surface area contributed by atoms with Crippen molar-refractivity contribution in [3.05, 3.63) is 58.9 Å². The highest BCUT2D eigenvalue weighted by Crippen LogP contribution is 2.34.